The van der Waals surface area contributed by atoms with Crippen LogP contribution in [0.3, 0.4) is 0 Å². The summed E-state index contributed by atoms with van der Waals surface area (Å²) < 4.78 is 0. The normalized spacial score (nSPS) is 14.7. The molecule has 1 aliphatic carbocycles. The van der Waals surface area contributed by atoms with E-state index in [2.05, 4.69) is 10.3 Å². The van der Waals surface area contributed by atoms with Crippen LogP contribution in [0.1, 0.15) is 29.0 Å². The van der Waals surface area contributed by atoms with E-state index in [0.29, 0.717) is 17.4 Å². The van der Waals surface area contributed by atoms with Crippen LogP contribution >= 0.6 is 0 Å². The van der Waals surface area contributed by atoms with E-state index < -0.39 is 0 Å². The maximum atomic E-state index is 12.2. The molecule has 0 bridgehead atoms. The molecule has 0 saturated heterocycles. The maximum Gasteiger partial charge on any atom is 0.270 e. The number of nitrogens with zero attached hydrogens (tertiary/aromatic N) is 1. The van der Waals surface area contributed by atoms with Crippen molar-refractivity contribution in [1.29, 1.82) is 0 Å². The molecular weight excluding hydrogens is 226 g/mol. The second kappa shape index (κ2) is 3.98. The van der Waals surface area contributed by atoms with Gasteiger partial charge in [-0.15, -0.1) is 0 Å². The lowest BCUT2D eigenvalue weighted by Crippen LogP contribution is -2.26. The minimum absolute atomic E-state index is 0.100. The largest absolute Gasteiger partial charge is 0.398 e. The highest BCUT2D eigenvalue weighted by atomic mass is 16.2. The summed E-state index contributed by atoms with van der Waals surface area (Å²) in [6.07, 6.45) is 2.13. The Balaban J connectivity index is 2.14. The van der Waals surface area contributed by atoms with Gasteiger partial charge in [0.1, 0.15) is 5.69 Å². The zero-order chi connectivity index (χ0) is 12.7. The molecule has 1 aliphatic rings. The highest BCUT2D eigenvalue weighted by Crippen LogP contribution is 2.25. The summed E-state index contributed by atoms with van der Waals surface area (Å²) in [5.74, 6) is -0.100. The van der Waals surface area contributed by atoms with Gasteiger partial charge in [0.05, 0.1) is 0 Å². The van der Waals surface area contributed by atoms with Crippen LogP contribution in [0.5, 0.6) is 0 Å². The van der Waals surface area contributed by atoms with Crippen LogP contribution in [-0.2, 0) is 0 Å². The standard InChI is InChI=1S/C14H15N3O/c1-8-7-11-10(3-2-4-12(11)15)13(16-8)14(18)17-9-5-6-9/h2-4,7,9H,5-6,15H2,1H3,(H,17,18). The lowest BCUT2D eigenvalue weighted by Gasteiger charge is -2.09. The number of carbonyl (C=O) groups excluding carboxylic acids is 1. The van der Waals surface area contributed by atoms with Crippen molar-refractivity contribution >= 4 is 22.4 Å². The second-order valence-electron chi connectivity index (χ2n) is 4.80. The molecule has 3 N–H and O–H groups in total. The van der Waals surface area contributed by atoms with E-state index in [1.165, 1.54) is 0 Å². The Morgan fingerprint density at radius 3 is 2.89 bits per heavy atom. The molecule has 2 aromatic rings. The van der Waals surface area contributed by atoms with E-state index in [-0.39, 0.29) is 5.91 Å². The number of carbonyl (C=O) groups is 1. The topological polar surface area (TPSA) is 68.0 Å². The van der Waals surface area contributed by atoms with Crippen LogP contribution in [0.25, 0.3) is 10.8 Å². The Hall–Kier alpha value is -2.10. The van der Waals surface area contributed by atoms with Gasteiger partial charge in [0.25, 0.3) is 5.91 Å². The summed E-state index contributed by atoms with van der Waals surface area (Å²) in [7, 11) is 0. The number of fused-ring (bicyclic) bond motifs is 1. The van der Waals surface area contributed by atoms with E-state index >= 15 is 0 Å². The number of hydrogen-bond donors (Lipinski definition) is 2. The Kier molecular flexibility index (Phi) is 2.44. The van der Waals surface area contributed by atoms with Gasteiger partial charge in [-0.05, 0) is 31.9 Å². The maximum absolute atomic E-state index is 12.2. The van der Waals surface area contributed by atoms with Gasteiger partial charge in [0, 0.05) is 28.2 Å². The lowest BCUT2D eigenvalue weighted by atomic mass is 10.1. The number of hydrogen-bond acceptors (Lipinski definition) is 3. The molecule has 0 aliphatic heterocycles. The van der Waals surface area contributed by atoms with Crippen molar-refractivity contribution in [2.24, 2.45) is 0 Å². The summed E-state index contributed by atoms with van der Waals surface area (Å²) >= 11 is 0. The van der Waals surface area contributed by atoms with Gasteiger partial charge < -0.3 is 11.1 Å². The van der Waals surface area contributed by atoms with Gasteiger partial charge in [-0.2, -0.15) is 0 Å². The van der Waals surface area contributed by atoms with E-state index in [0.717, 1.165) is 29.3 Å². The third-order valence-electron chi connectivity index (χ3n) is 3.16. The molecule has 1 heterocycles. The van der Waals surface area contributed by atoms with Gasteiger partial charge in [-0.1, -0.05) is 12.1 Å². The molecule has 92 valence electrons. The molecule has 1 amide bonds. The average Bonchev–Trinajstić information content (AvgIpc) is 3.13. The molecule has 0 radical (unpaired) electrons. The zero-order valence-electron chi connectivity index (χ0n) is 10.2. The Labute approximate surface area is 105 Å². The summed E-state index contributed by atoms with van der Waals surface area (Å²) in [4.78, 5) is 16.5. The van der Waals surface area contributed by atoms with Gasteiger partial charge in [0.2, 0.25) is 0 Å². The summed E-state index contributed by atoms with van der Waals surface area (Å²) in [6.45, 7) is 1.87. The summed E-state index contributed by atoms with van der Waals surface area (Å²) in [5, 5.41) is 4.68. The number of nitrogen functional groups attached to an aromatic ring is 1. The van der Waals surface area contributed by atoms with E-state index in [9.17, 15) is 4.79 Å². The van der Waals surface area contributed by atoms with E-state index in [1.807, 2.05) is 31.2 Å². The molecule has 18 heavy (non-hydrogen) atoms. The molecular formula is C14H15N3O. The smallest absolute Gasteiger partial charge is 0.270 e. The van der Waals surface area contributed by atoms with Crippen molar-refractivity contribution in [2.45, 2.75) is 25.8 Å². The van der Waals surface area contributed by atoms with Crippen LogP contribution in [0.2, 0.25) is 0 Å². The number of anilines is 1. The number of benzene rings is 1. The van der Waals surface area contributed by atoms with Crippen molar-refractivity contribution in [3.63, 3.8) is 0 Å². The predicted octanol–water partition coefficient (Wildman–Crippen LogP) is 2.02. The van der Waals surface area contributed by atoms with Crippen molar-refractivity contribution in [2.75, 3.05) is 5.73 Å². The highest BCUT2D eigenvalue weighted by Gasteiger charge is 2.25. The quantitative estimate of drug-likeness (QED) is 0.790. The molecule has 0 unspecified atom stereocenters. The van der Waals surface area contributed by atoms with Crippen LogP contribution in [0, 0.1) is 6.92 Å². The molecule has 4 nitrogen and oxygen atoms in total. The fourth-order valence-corrected chi connectivity index (χ4v) is 2.08. The zero-order valence-corrected chi connectivity index (χ0v) is 10.2. The van der Waals surface area contributed by atoms with Crippen molar-refractivity contribution in [3.8, 4) is 0 Å². The lowest BCUT2D eigenvalue weighted by molar-refractivity contribution is 0.0948. The number of pyridine rings is 1. The molecule has 1 aromatic carbocycles. The van der Waals surface area contributed by atoms with Gasteiger partial charge in [-0.25, -0.2) is 4.98 Å². The molecule has 1 aromatic heterocycles. The number of aryl methyl sites for hydroxylation is 1. The first-order chi connectivity index (χ1) is 8.65. The third kappa shape index (κ3) is 1.90. The molecule has 0 spiro atoms. The molecule has 1 fully saturated rings. The number of amides is 1. The third-order valence-corrected chi connectivity index (χ3v) is 3.16. The summed E-state index contributed by atoms with van der Waals surface area (Å²) in [5.41, 5.74) is 7.91. The molecule has 3 rings (SSSR count). The first kappa shape index (κ1) is 11.0. The van der Waals surface area contributed by atoms with Crippen LogP contribution < -0.4 is 11.1 Å². The Bertz CT molecular complexity index is 632. The van der Waals surface area contributed by atoms with Crippen molar-refractivity contribution in [1.82, 2.24) is 10.3 Å². The fraction of sp³-hybridized carbons (Fsp3) is 0.286. The Morgan fingerprint density at radius 1 is 1.39 bits per heavy atom. The predicted molar refractivity (Wildman–Crippen MR) is 71.4 cm³/mol. The minimum Gasteiger partial charge on any atom is -0.398 e. The van der Waals surface area contributed by atoms with Gasteiger partial charge in [0.15, 0.2) is 0 Å². The monoisotopic (exact) mass is 241 g/mol. The van der Waals surface area contributed by atoms with Crippen molar-refractivity contribution < 1.29 is 4.79 Å². The van der Waals surface area contributed by atoms with Crippen molar-refractivity contribution in [3.05, 3.63) is 35.7 Å². The minimum atomic E-state index is -0.100. The molecule has 0 atom stereocenters. The number of rotatable bonds is 2. The average molecular weight is 241 g/mol. The fourth-order valence-electron chi connectivity index (χ4n) is 2.08. The number of nitrogens with one attached hydrogen (secondary N) is 1. The van der Waals surface area contributed by atoms with Gasteiger partial charge in [-0.3, -0.25) is 4.79 Å². The number of aromatic nitrogens is 1. The SMILES string of the molecule is Cc1cc2c(N)cccc2c(C(=O)NC2CC2)n1. The van der Waals surface area contributed by atoms with Crippen LogP contribution in [0.4, 0.5) is 5.69 Å². The molecule has 4 heteroatoms. The summed E-state index contributed by atoms with van der Waals surface area (Å²) in [6, 6.07) is 7.82. The van der Waals surface area contributed by atoms with Gasteiger partial charge >= 0.3 is 0 Å². The van der Waals surface area contributed by atoms with E-state index in [4.69, 9.17) is 5.73 Å². The molecule has 1 saturated carbocycles. The first-order valence-electron chi connectivity index (χ1n) is 6.12. The van der Waals surface area contributed by atoms with Crippen LogP contribution in [-0.4, -0.2) is 16.9 Å². The van der Waals surface area contributed by atoms with E-state index in [1.54, 1.807) is 0 Å². The first-order valence-corrected chi connectivity index (χ1v) is 6.12. The second-order valence-corrected chi connectivity index (χ2v) is 4.80. The Morgan fingerprint density at radius 2 is 2.17 bits per heavy atom. The number of nitrogens with two attached hydrogens (primary N) is 1. The highest BCUT2D eigenvalue weighted by molar-refractivity contribution is 6.08. The van der Waals surface area contributed by atoms with Crippen LogP contribution in [0.15, 0.2) is 24.3 Å².